The van der Waals surface area contributed by atoms with Crippen LogP contribution >= 0.6 is 11.6 Å². The van der Waals surface area contributed by atoms with Crippen molar-refractivity contribution in [3.05, 3.63) is 23.5 Å². The summed E-state index contributed by atoms with van der Waals surface area (Å²) in [6.45, 7) is 4.84. The van der Waals surface area contributed by atoms with E-state index in [9.17, 15) is 4.79 Å². The second kappa shape index (κ2) is 6.21. The second-order valence-corrected chi connectivity index (χ2v) is 5.02. The molecule has 6 heteroatoms. The molecule has 0 bridgehead atoms. The molecule has 1 aliphatic rings. The van der Waals surface area contributed by atoms with Crippen molar-refractivity contribution in [1.29, 1.82) is 0 Å². The van der Waals surface area contributed by atoms with Gasteiger partial charge in [0.2, 0.25) is 5.91 Å². The van der Waals surface area contributed by atoms with E-state index >= 15 is 0 Å². The monoisotopic (exact) mass is 283 g/mol. The number of likely N-dealkylation sites (N-methyl/N-ethyl adjacent to an activating group) is 1. The summed E-state index contributed by atoms with van der Waals surface area (Å²) in [5.41, 5.74) is 0. The average molecular weight is 284 g/mol. The van der Waals surface area contributed by atoms with Crippen molar-refractivity contribution in [3.63, 3.8) is 0 Å². The van der Waals surface area contributed by atoms with E-state index in [0.29, 0.717) is 17.5 Å². The van der Waals surface area contributed by atoms with Crippen LogP contribution in [0, 0.1) is 0 Å². The zero-order valence-electron chi connectivity index (χ0n) is 11.2. The molecule has 0 aromatic carbocycles. The van der Waals surface area contributed by atoms with E-state index in [1.54, 1.807) is 23.2 Å². The Kier molecular flexibility index (Phi) is 4.61. The maximum Gasteiger partial charge on any atom is 0.239 e. The number of amides is 1. The predicted octanol–water partition coefficient (Wildman–Crippen LogP) is 1.28. The molecule has 0 spiro atoms. The molecule has 1 atom stereocenters. The van der Waals surface area contributed by atoms with E-state index in [2.05, 4.69) is 9.88 Å². The first-order valence-electron chi connectivity index (χ1n) is 6.31. The van der Waals surface area contributed by atoms with Crippen molar-refractivity contribution in [2.75, 3.05) is 33.3 Å². The number of halogens is 1. The minimum Gasteiger partial charge on any atom is -0.491 e. The number of nitrogens with zero attached hydrogens (tertiary/aromatic N) is 3. The van der Waals surface area contributed by atoms with Gasteiger partial charge in [-0.1, -0.05) is 11.6 Å². The summed E-state index contributed by atoms with van der Waals surface area (Å²) in [5, 5.41) is 0.450. The van der Waals surface area contributed by atoms with Gasteiger partial charge in [-0.15, -0.1) is 0 Å². The number of pyridine rings is 1. The third-order valence-corrected chi connectivity index (χ3v) is 3.58. The third kappa shape index (κ3) is 3.58. The maximum atomic E-state index is 11.8. The molecule has 0 saturated carbocycles. The van der Waals surface area contributed by atoms with E-state index in [0.717, 1.165) is 19.6 Å². The normalized spacial score (nSPS) is 20.7. The fourth-order valence-corrected chi connectivity index (χ4v) is 2.20. The van der Waals surface area contributed by atoms with Crippen LogP contribution in [-0.2, 0) is 4.79 Å². The number of ether oxygens (including phenoxy) is 1. The van der Waals surface area contributed by atoms with E-state index in [-0.39, 0.29) is 11.9 Å². The molecule has 1 saturated heterocycles. The van der Waals surface area contributed by atoms with Crippen LogP contribution < -0.4 is 4.74 Å². The van der Waals surface area contributed by atoms with Gasteiger partial charge >= 0.3 is 0 Å². The lowest BCUT2D eigenvalue weighted by molar-refractivity contribution is -0.139. The minimum atomic E-state index is -0.0781. The van der Waals surface area contributed by atoms with Crippen LogP contribution in [0.1, 0.15) is 6.92 Å². The SMILES string of the molecule is C[C@@H]1C(=O)N(C)CCN1CCOc1ccc(Cl)nc1. The molecule has 19 heavy (non-hydrogen) atoms. The van der Waals surface area contributed by atoms with Gasteiger partial charge in [0.05, 0.1) is 12.2 Å². The van der Waals surface area contributed by atoms with Gasteiger partial charge in [-0.05, 0) is 19.1 Å². The summed E-state index contributed by atoms with van der Waals surface area (Å²) in [4.78, 5) is 19.7. The molecular weight excluding hydrogens is 266 g/mol. The topological polar surface area (TPSA) is 45.7 Å². The summed E-state index contributed by atoms with van der Waals surface area (Å²) in [5.74, 6) is 0.858. The van der Waals surface area contributed by atoms with Gasteiger partial charge in [0.15, 0.2) is 0 Å². The molecule has 1 aliphatic heterocycles. The molecule has 5 nitrogen and oxygen atoms in total. The number of piperazine rings is 1. The van der Waals surface area contributed by atoms with Crippen LogP contribution in [-0.4, -0.2) is 60.0 Å². The molecule has 1 aromatic heterocycles. The lowest BCUT2D eigenvalue weighted by atomic mass is 10.2. The van der Waals surface area contributed by atoms with Gasteiger partial charge in [-0.2, -0.15) is 0 Å². The zero-order chi connectivity index (χ0) is 13.8. The Hall–Kier alpha value is -1.33. The first-order valence-corrected chi connectivity index (χ1v) is 6.69. The summed E-state index contributed by atoms with van der Waals surface area (Å²) in [6, 6.07) is 3.40. The van der Waals surface area contributed by atoms with Crippen LogP contribution in [0.4, 0.5) is 0 Å². The molecule has 0 aliphatic carbocycles. The Labute approximate surface area is 118 Å². The van der Waals surface area contributed by atoms with Crippen LogP contribution in [0.2, 0.25) is 5.15 Å². The van der Waals surface area contributed by atoms with Crippen LogP contribution in [0.15, 0.2) is 18.3 Å². The smallest absolute Gasteiger partial charge is 0.239 e. The van der Waals surface area contributed by atoms with Crippen molar-refractivity contribution in [2.24, 2.45) is 0 Å². The highest BCUT2D eigenvalue weighted by Crippen LogP contribution is 2.13. The molecule has 0 radical (unpaired) electrons. The van der Waals surface area contributed by atoms with Gasteiger partial charge < -0.3 is 9.64 Å². The molecule has 1 fully saturated rings. The molecule has 2 heterocycles. The van der Waals surface area contributed by atoms with E-state index in [1.165, 1.54) is 0 Å². The fourth-order valence-electron chi connectivity index (χ4n) is 2.09. The van der Waals surface area contributed by atoms with Crippen LogP contribution in [0.3, 0.4) is 0 Å². The molecule has 1 aromatic rings. The number of rotatable bonds is 4. The van der Waals surface area contributed by atoms with E-state index in [1.807, 2.05) is 14.0 Å². The molecule has 0 unspecified atom stereocenters. The Balaban J connectivity index is 1.79. The summed E-state index contributed by atoms with van der Waals surface area (Å²) < 4.78 is 5.59. The van der Waals surface area contributed by atoms with Gasteiger partial charge in [-0.25, -0.2) is 4.98 Å². The Morgan fingerprint density at radius 2 is 2.26 bits per heavy atom. The molecular formula is C13H18ClN3O2. The highest BCUT2D eigenvalue weighted by Gasteiger charge is 2.28. The maximum absolute atomic E-state index is 11.8. The highest BCUT2D eigenvalue weighted by molar-refractivity contribution is 6.29. The lowest BCUT2D eigenvalue weighted by Crippen LogP contribution is -2.55. The molecule has 1 amide bonds. The summed E-state index contributed by atoms with van der Waals surface area (Å²) >= 11 is 5.70. The third-order valence-electron chi connectivity index (χ3n) is 3.35. The summed E-state index contributed by atoms with van der Waals surface area (Å²) in [6.07, 6.45) is 1.60. The van der Waals surface area contributed by atoms with Crippen LogP contribution in [0.25, 0.3) is 0 Å². The van der Waals surface area contributed by atoms with Crippen molar-refractivity contribution < 1.29 is 9.53 Å². The first-order chi connectivity index (χ1) is 9.08. The number of hydrogen-bond acceptors (Lipinski definition) is 4. The molecule has 104 valence electrons. The number of aromatic nitrogens is 1. The Morgan fingerprint density at radius 1 is 1.47 bits per heavy atom. The number of hydrogen-bond donors (Lipinski definition) is 0. The predicted molar refractivity (Wildman–Crippen MR) is 73.4 cm³/mol. The second-order valence-electron chi connectivity index (χ2n) is 4.64. The minimum absolute atomic E-state index is 0.0781. The lowest BCUT2D eigenvalue weighted by Gasteiger charge is -2.37. The van der Waals surface area contributed by atoms with Crippen molar-refractivity contribution in [2.45, 2.75) is 13.0 Å². The summed E-state index contributed by atoms with van der Waals surface area (Å²) in [7, 11) is 1.84. The molecule has 0 N–H and O–H groups in total. The number of carbonyl (C=O) groups excluding carboxylic acids is 1. The van der Waals surface area contributed by atoms with Gasteiger partial charge in [0.25, 0.3) is 0 Å². The van der Waals surface area contributed by atoms with E-state index < -0.39 is 0 Å². The van der Waals surface area contributed by atoms with Gasteiger partial charge in [0, 0.05) is 26.7 Å². The standard InChI is InChI=1S/C13H18ClN3O2/c1-10-13(18)16(2)5-6-17(10)7-8-19-11-3-4-12(14)15-9-11/h3-4,9-10H,5-8H2,1-2H3/t10-/m1/s1. The fraction of sp³-hybridized carbons (Fsp3) is 0.538. The van der Waals surface area contributed by atoms with Crippen molar-refractivity contribution >= 4 is 17.5 Å². The van der Waals surface area contributed by atoms with E-state index in [4.69, 9.17) is 16.3 Å². The number of carbonyl (C=O) groups is 1. The van der Waals surface area contributed by atoms with Crippen molar-refractivity contribution in [3.8, 4) is 5.75 Å². The average Bonchev–Trinajstić information content (AvgIpc) is 2.41. The first kappa shape index (κ1) is 14.1. The highest BCUT2D eigenvalue weighted by atomic mass is 35.5. The largest absolute Gasteiger partial charge is 0.491 e. The Bertz CT molecular complexity index is 438. The van der Waals surface area contributed by atoms with Crippen molar-refractivity contribution in [1.82, 2.24) is 14.8 Å². The van der Waals surface area contributed by atoms with Crippen LogP contribution in [0.5, 0.6) is 5.75 Å². The zero-order valence-corrected chi connectivity index (χ0v) is 11.9. The Morgan fingerprint density at radius 3 is 2.95 bits per heavy atom. The van der Waals surface area contributed by atoms with Gasteiger partial charge in [-0.3, -0.25) is 9.69 Å². The molecule has 2 rings (SSSR count). The van der Waals surface area contributed by atoms with Gasteiger partial charge in [0.1, 0.15) is 17.5 Å². The quantitative estimate of drug-likeness (QED) is 0.781.